The Hall–Kier alpha value is -2.95. The minimum absolute atomic E-state index is 0.232. The van der Waals surface area contributed by atoms with Crippen LogP contribution in [0.5, 0.6) is 5.75 Å². The number of amides is 1. The Kier molecular flexibility index (Phi) is 3.70. The predicted molar refractivity (Wildman–Crippen MR) is 82.6 cm³/mol. The van der Waals surface area contributed by atoms with E-state index in [2.05, 4.69) is 10.3 Å². The van der Waals surface area contributed by atoms with Gasteiger partial charge in [0, 0.05) is 17.1 Å². The fraction of sp³-hybridized carbons (Fsp3) is 0.0588. The van der Waals surface area contributed by atoms with Crippen LogP contribution in [0, 0.1) is 5.82 Å². The summed E-state index contributed by atoms with van der Waals surface area (Å²) in [5.74, 6) is -0.0227. The van der Waals surface area contributed by atoms with E-state index in [1.54, 1.807) is 49.6 Å². The molecule has 0 aliphatic heterocycles. The topological polar surface area (TPSA) is 51.2 Å². The van der Waals surface area contributed by atoms with Gasteiger partial charge >= 0.3 is 0 Å². The van der Waals surface area contributed by atoms with Gasteiger partial charge in [0.1, 0.15) is 17.1 Å². The van der Waals surface area contributed by atoms with E-state index in [1.807, 2.05) is 0 Å². The number of carbonyl (C=O) groups is 1. The van der Waals surface area contributed by atoms with Crippen molar-refractivity contribution in [3.05, 3.63) is 66.1 Å². The minimum atomic E-state index is -0.418. The number of hydrogen-bond acceptors (Lipinski definition) is 3. The number of rotatable bonds is 3. The number of fused-ring (bicyclic) bond motifs is 1. The van der Waals surface area contributed by atoms with Gasteiger partial charge in [-0.1, -0.05) is 12.1 Å². The van der Waals surface area contributed by atoms with E-state index in [4.69, 9.17) is 4.74 Å². The standard InChI is InChI=1S/C17H13FN2O2/c1-22-12-7-5-11(6-8-12)17(21)20-15-9-10-19-16-13(15)3-2-4-14(16)18/h2-10H,1H3,(H,19,20,21). The van der Waals surface area contributed by atoms with Crippen molar-refractivity contribution in [2.75, 3.05) is 12.4 Å². The Morgan fingerprint density at radius 2 is 1.91 bits per heavy atom. The molecule has 3 rings (SSSR count). The first-order valence-electron chi connectivity index (χ1n) is 6.67. The van der Waals surface area contributed by atoms with Crippen LogP contribution in [0.3, 0.4) is 0 Å². The lowest BCUT2D eigenvalue weighted by molar-refractivity contribution is 0.102. The molecule has 0 atom stereocenters. The number of ether oxygens (including phenoxy) is 1. The molecule has 0 aliphatic carbocycles. The van der Waals surface area contributed by atoms with Crippen molar-refractivity contribution >= 4 is 22.5 Å². The molecule has 4 nitrogen and oxygen atoms in total. The number of nitrogens with one attached hydrogen (secondary N) is 1. The van der Waals surface area contributed by atoms with Crippen molar-refractivity contribution in [3.63, 3.8) is 0 Å². The Balaban J connectivity index is 1.92. The lowest BCUT2D eigenvalue weighted by Gasteiger charge is -2.09. The first-order valence-corrected chi connectivity index (χ1v) is 6.67. The quantitative estimate of drug-likeness (QED) is 0.803. The molecule has 2 aromatic carbocycles. The van der Waals surface area contributed by atoms with Crippen molar-refractivity contribution in [3.8, 4) is 5.75 Å². The summed E-state index contributed by atoms with van der Waals surface area (Å²) in [6, 6.07) is 13.0. The molecule has 3 aromatic rings. The van der Waals surface area contributed by atoms with Gasteiger partial charge in [0.25, 0.3) is 5.91 Å². The van der Waals surface area contributed by atoms with E-state index in [0.29, 0.717) is 22.4 Å². The van der Waals surface area contributed by atoms with Gasteiger partial charge < -0.3 is 10.1 Å². The van der Waals surface area contributed by atoms with Crippen LogP contribution in [0.15, 0.2) is 54.7 Å². The van der Waals surface area contributed by atoms with Gasteiger partial charge in [0.05, 0.1) is 12.8 Å². The van der Waals surface area contributed by atoms with E-state index in [0.717, 1.165) is 0 Å². The van der Waals surface area contributed by atoms with Crippen LogP contribution in [0.2, 0.25) is 0 Å². The molecule has 1 N–H and O–H groups in total. The normalized spacial score (nSPS) is 10.5. The van der Waals surface area contributed by atoms with Gasteiger partial charge in [-0.25, -0.2) is 4.39 Å². The zero-order valence-electron chi connectivity index (χ0n) is 11.8. The van der Waals surface area contributed by atoms with Crippen LogP contribution in [-0.2, 0) is 0 Å². The lowest BCUT2D eigenvalue weighted by atomic mass is 10.1. The second kappa shape index (κ2) is 5.81. The molecule has 0 aliphatic rings. The monoisotopic (exact) mass is 296 g/mol. The van der Waals surface area contributed by atoms with Gasteiger partial charge in [-0.2, -0.15) is 0 Å². The van der Waals surface area contributed by atoms with E-state index < -0.39 is 5.82 Å². The smallest absolute Gasteiger partial charge is 0.255 e. The van der Waals surface area contributed by atoms with E-state index in [9.17, 15) is 9.18 Å². The third kappa shape index (κ3) is 2.61. The number of halogens is 1. The summed E-state index contributed by atoms with van der Waals surface area (Å²) in [6.45, 7) is 0. The third-order valence-corrected chi connectivity index (χ3v) is 3.32. The van der Waals surface area contributed by atoms with E-state index >= 15 is 0 Å². The predicted octanol–water partition coefficient (Wildman–Crippen LogP) is 3.63. The highest BCUT2D eigenvalue weighted by atomic mass is 19.1. The van der Waals surface area contributed by atoms with Crippen molar-refractivity contribution in [2.45, 2.75) is 0 Å². The van der Waals surface area contributed by atoms with E-state index in [-0.39, 0.29) is 11.4 Å². The molecular weight excluding hydrogens is 283 g/mol. The largest absolute Gasteiger partial charge is 0.497 e. The van der Waals surface area contributed by atoms with Crippen LogP contribution in [0.4, 0.5) is 10.1 Å². The van der Waals surface area contributed by atoms with Crippen LogP contribution in [-0.4, -0.2) is 18.0 Å². The average molecular weight is 296 g/mol. The third-order valence-electron chi connectivity index (χ3n) is 3.32. The van der Waals surface area contributed by atoms with E-state index in [1.165, 1.54) is 12.3 Å². The first-order chi connectivity index (χ1) is 10.7. The van der Waals surface area contributed by atoms with Gasteiger partial charge in [-0.3, -0.25) is 9.78 Å². The van der Waals surface area contributed by atoms with Crippen molar-refractivity contribution in [1.29, 1.82) is 0 Å². The lowest BCUT2D eigenvalue weighted by Crippen LogP contribution is -2.12. The highest BCUT2D eigenvalue weighted by Gasteiger charge is 2.10. The molecule has 1 aromatic heterocycles. The summed E-state index contributed by atoms with van der Waals surface area (Å²) in [4.78, 5) is 16.3. The number of methoxy groups -OCH3 is 1. The molecule has 0 bridgehead atoms. The Morgan fingerprint density at radius 3 is 2.64 bits per heavy atom. The summed E-state index contributed by atoms with van der Waals surface area (Å²) in [6.07, 6.45) is 1.47. The first kappa shape index (κ1) is 14.0. The number of carbonyl (C=O) groups excluding carboxylic acids is 1. The average Bonchev–Trinajstić information content (AvgIpc) is 2.56. The zero-order valence-corrected chi connectivity index (χ0v) is 11.8. The summed E-state index contributed by atoms with van der Waals surface area (Å²) in [5, 5.41) is 3.34. The number of hydrogen-bond donors (Lipinski definition) is 1. The Labute approximate surface area is 126 Å². The van der Waals surface area contributed by atoms with Crippen LogP contribution in [0.25, 0.3) is 10.9 Å². The molecule has 22 heavy (non-hydrogen) atoms. The fourth-order valence-corrected chi connectivity index (χ4v) is 2.19. The summed E-state index contributed by atoms with van der Waals surface area (Å²) in [7, 11) is 1.56. The highest BCUT2D eigenvalue weighted by molar-refractivity contribution is 6.08. The maximum Gasteiger partial charge on any atom is 0.255 e. The molecule has 110 valence electrons. The zero-order chi connectivity index (χ0) is 15.5. The van der Waals surface area contributed by atoms with Gasteiger partial charge in [-0.15, -0.1) is 0 Å². The van der Waals surface area contributed by atoms with Crippen molar-refractivity contribution in [1.82, 2.24) is 4.98 Å². The molecular formula is C17H13FN2O2. The number of anilines is 1. The van der Waals surface area contributed by atoms with Gasteiger partial charge in [0.15, 0.2) is 0 Å². The molecule has 0 radical (unpaired) electrons. The summed E-state index contributed by atoms with van der Waals surface area (Å²) in [5.41, 5.74) is 1.24. The summed E-state index contributed by atoms with van der Waals surface area (Å²) >= 11 is 0. The molecule has 1 heterocycles. The highest BCUT2D eigenvalue weighted by Crippen LogP contribution is 2.24. The van der Waals surface area contributed by atoms with Gasteiger partial charge in [-0.05, 0) is 36.4 Å². The number of pyridine rings is 1. The number of para-hydroxylation sites is 1. The molecule has 0 saturated heterocycles. The maximum atomic E-state index is 13.7. The van der Waals surface area contributed by atoms with Crippen LogP contribution in [0.1, 0.15) is 10.4 Å². The molecule has 5 heteroatoms. The second-order valence-corrected chi connectivity index (χ2v) is 4.68. The number of nitrogens with zero attached hydrogens (tertiary/aromatic N) is 1. The molecule has 0 spiro atoms. The van der Waals surface area contributed by atoms with Crippen molar-refractivity contribution < 1.29 is 13.9 Å². The SMILES string of the molecule is COc1ccc(C(=O)Nc2ccnc3c(F)cccc23)cc1. The molecule has 0 unspecified atom stereocenters. The number of benzene rings is 2. The Morgan fingerprint density at radius 1 is 1.14 bits per heavy atom. The van der Waals surface area contributed by atoms with Crippen LogP contribution >= 0.6 is 0 Å². The molecule has 0 fully saturated rings. The number of aromatic nitrogens is 1. The maximum absolute atomic E-state index is 13.7. The molecule has 1 amide bonds. The Bertz CT molecular complexity index is 832. The van der Waals surface area contributed by atoms with Crippen LogP contribution < -0.4 is 10.1 Å². The fourth-order valence-electron chi connectivity index (χ4n) is 2.19. The molecule has 0 saturated carbocycles. The second-order valence-electron chi connectivity index (χ2n) is 4.68. The minimum Gasteiger partial charge on any atom is -0.497 e. The van der Waals surface area contributed by atoms with Crippen molar-refractivity contribution in [2.24, 2.45) is 0 Å². The summed E-state index contributed by atoms with van der Waals surface area (Å²) < 4.78 is 18.8. The van der Waals surface area contributed by atoms with Gasteiger partial charge in [0.2, 0.25) is 0 Å².